The van der Waals surface area contributed by atoms with E-state index >= 15 is 0 Å². The average molecular weight is 1020 g/mol. The molecule has 12 nitrogen and oxygen atoms in total. The minimum atomic E-state index is -2.43. The van der Waals surface area contributed by atoms with Crippen molar-refractivity contribution in [3.63, 3.8) is 0 Å². The molecular weight excluding hydrogens is 912 g/mol. The fourth-order valence-electron chi connectivity index (χ4n) is 7.97. The fraction of sp³-hybridized carbons (Fsp3) is 0.839. The first-order chi connectivity index (χ1) is 33.0. The molecule has 2 aliphatic carbocycles. The lowest BCUT2D eigenvalue weighted by molar-refractivity contribution is -0.136. The number of nitrogens with one attached hydrogen (secondary N) is 4. The maximum atomic E-state index is 12.4. The molecule has 0 aromatic heterocycles. The number of unbranched alkanes of at least 4 members (excludes halogenated alkanes) is 1. The number of halogens is 3. The normalized spacial score (nSPS) is 19.7. The van der Waals surface area contributed by atoms with Crippen LogP contribution in [0.15, 0.2) is 9.59 Å². The summed E-state index contributed by atoms with van der Waals surface area (Å²) in [6, 6.07) is -0.728. The number of ketones is 3. The summed E-state index contributed by atoms with van der Waals surface area (Å²) in [5.41, 5.74) is 7.58. The first-order valence-electron chi connectivity index (χ1n) is 26.5. The van der Waals surface area contributed by atoms with Crippen molar-refractivity contribution in [3.05, 3.63) is 31.6 Å². The SMILES string of the molecule is CC(=O)C1C[C@@H](C)CCC2(CCCCC2)C(N)C(=O)N1.CCC(C)C(C)(C)C.CCC(C)c1c(C(C)(C)C)c(=O)c1=O.CCCC.CF.CNC(CCC(F)F)C(=O)C(C)=O.CNC1CCC1.CNC=O. The lowest BCUT2D eigenvalue weighted by Crippen LogP contribution is -2.55. The molecule has 0 bridgehead atoms. The summed E-state index contributed by atoms with van der Waals surface area (Å²) >= 11 is 0. The third-order valence-corrected chi connectivity index (χ3v) is 14.1. The molecule has 1 heterocycles. The van der Waals surface area contributed by atoms with Gasteiger partial charge in [-0.05, 0) is 106 Å². The van der Waals surface area contributed by atoms with Crippen LogP contribution >= 0.6 is 0 Å². The molecule has 1 aliphatic heterocycles. The number of rotatable bonds is 13. The van der Waals surface area contributed by atoms with Gasteiger partial charge in [0.05, 0.1) is 25.3 Å². The van der Waals surface area contributed by atoms with Crippen LogP contribution in [0.2, 0.25) is 0 Å². The lowest BCUT2D eigenvalue weighted by Gasteiger charge is -2.41. The van der Waals surface area contributed by atoms with Crippen LogP contribution in [0.5, 0.6) is 0 Å². The number of alkyl halides is 3. The third kappa shape index (κ3) is 30.5. The molecule has 2 amide bonds. The van der Waals surface area contributed by atoms with Crippen molar-refractivity contribution in [1.29, 1.82) is 0 Å². The number of hydrogen-bond acceptors (Lipinski definition) is 10. The van der Waals surface area contributed by atoms with Gasteiger partial charge in [0.15, 0.2) is 11.6 Å². The van der Waals surface area contributed by atoms with E-state index < -0.39 is 30.1 Å². The van der Waals surface area contributed by atoms with E-state index in [4.69, 9.17) is 10.5 Å². The van der Waals surface area contributed by atoms with Crippen molar-refractivity contribution in [2.75, 3.05) is 28.3 Å². The van der Waals surface area contributed by atoms with Gasteiger partial charge in [0.1, 0.15) is 0 Å². The zero-order valence-electron chi connectivity index (χ0n) is 48.3. The summed E-state index contributed by atoms with van der Waals surface area (Å²) in [5, 5.41) is 10.9. The van der Waals surface area contributed by atoms with Gasteiger partial charge in [0, 0.05) is 37.6 Å². The summed E-state index contributed by atoms with van der Waals surface area (Å²) in [5.74, 6) is 0.195. The predicted molar refractivity (Wildman–Crippen MR) is 290 cm³/mol. The summed E-state index contributed by atoms with van der Waals surface area (Å²) in [6.45, 7) is 30.6. The van der Waals surface area contributed by atoms with Crippen molar-refractivity contribution < 1.29 is 37.1 Å². The highest BCUT2D eigenvalue weighted by atomic mass is 19.3. The molecule has 1 saturated heterocycles. The summed E-state index contributed by atoms with van der Waals surface area (Å²) < 4.78 is 33.0. The van der Waals surface area contributed by atoms with E-state index in [1.165, 1.54) is 64.8 Å². The fourth-order valence-corrected chi connectivity index (χ4v) is 7.97. The van der Waals surface area contributed by atoms with E-state index in [-0.39, 0.29) is 58.2 Å². The molecule has 1 aromatic rings. The predicted octanol–water partition coefficient (Wildman–Crippen LogP) is 10.6. The molecular formula is C56H106F3N5O7. The topological polar surface area (TPSA) is 194 Å². The Hall–Kier alpha value is -3.30. The Morgan fingerprint density at radius 1 is 0.803 bits per heavy atom. The second-order valence-corrected chi connectivity index (χ2v) is 21.7. The molecule has 0 radical (unpaired) electrons. The highest BCUT2D eigenvalue weighted by Gasteiger charge is 2.43. The minimum absolute atomic E-state index is 0.00736. The molecule has 1 spiro atoms. The van der Waals surface area contributed by atoms with Crippen LogP contribution in [0, 0.1) is 22.7 Å². The van der Waals surface area contributed by atoms with Gasteiger partial charge in [0.25, 0.3) is 0 Å². The van der Waals surface area contributed by atoms with Gasteiger partial charge in [-0.25, -0.2) is 8.78 Å². The molecule has 6 atom stereocenters. The Morgan fingerprint density at radius 3 is 1.61 bits per heavy atom. The summed E-state index contributed by atoms with van der Waals surface area (Å²) in [6.07, 6.45) is 15.4. The van der Waals surface area contributed by atoms with Crippen LogP contribution in [0.25, 0.3) is 0 Å². The van der Waals surface area contributed by atoms with Gasteiger partial charge < -0.3 is 27.0 Å². The van der Waals surface area contributed by atoms with Crippen LogP contribution in [0.4, 0.5) is 13.2 Å². The number of carbonyl (C=O) groups is 5. The Kier molecular flexibility index (Phi) is 42.0. The number of hydrogen-bond donors (Lipinski definition) is 5. The quantitative estimate of drug-likeness (QED) is 0.0938. The number of carbonyl (C=O) groups excluding carboxylic acids is 5. The lowest BCUT2D eigenvalue weighted by atomic mass is 9.66. The molecule has 4 rings (SSSR count). The average Bonchev–Trinajstić information content (AvgIpc) is 3.35. The number of nitrogens with two attached hydrogens (primary N) is 1. The van der Waals surface area contributed by atoms with Gasteiger partial charge in [-0.2, -0.15) is 0 Å². The standard InChI is InChI=1S/C16H28N2O2.C12H18O2.C8H13F2NO2.C8H18.C5H11N.C4H10.C2H5NO.CH3F/c1-11-6-9-16(7-4-3-5-8-16)14(17)15(20)18-13(10-11)12(2)19;1-6-7(2)8-9(12(3,4)5)11(14)10(8)13;1-5(12)8(13)6(11-2)3-4-7(9)10;1-6-7(2)8(3,4)5;1-6-5-3-2-4-5;1-3-4-2;1-3-2-4;1-2/h11,13-14H,3-10,17H2,1-2H3,(H,18,20);7H,6H2,1-5H3;6-7,11H,3-4H2,1-2H3;7H,6H2,1-5H3;5-6H,2-4H2,1H3;3-4H2,1-2H3;2H,1H3,(H,3,4);1H3/t11-,13?,14?;;;;;;;/m0......./s1. The Labute approximate surface area is 430 Å². The third-order valence-electron chi connectivity index (χ3n) is 14.1. The van der Waals surface area contributed by atoms with Crippen LogP contribution < -0.4 is 37.9 Å². The molecule has 6 N–H and O–H groups in total. The molecule has 2 saturated carbocycles. The highest BCUT2D eigenvalue weighted by Crippen LogP contribution is 2.44. The minimum Gasteiger partial charge on any atom is -0.362 e. The highest BCUT2D eigenvalue weighted by molar-refractivity contribution is 6.38. The molecule has 1 aromatic carbocycles. The van der Waals surface area contributed by atoms with Gasteiger partial charge in [-0.1, -0.05) is 141 Å². The van der Waals surface area contributed by atoms with Crippen LogP contribution in [0.1, 0.15) is 230 Å². The smallest absolute Gasteiger partial charge is 0.238 e. The maximum absolute atomic E-state index is 12.4. The Bertz CT molecular complexity index is 1650. The van der Waals surface area contributed by atoms with Gasteiger partial charge in [-0.3, -0.25) is 38.0 Å². The Morgan fingerprint density at radius 2 is 1.31 bits per heavy atom. The van der Waals surface area contributed by atoms with E-state index in [1.807, 2.05) is 41.7 Å². The summed E-state index contributed by atoms with van der Waals surface area (Å²) in [4.78, 5) is 77.7. The maximum Gasteiger partial charge on any atom is 0.238 e. The van der Waals surface area contributed by atoms with Crippen molar-refractivity contribution in [3.8, 4) is 0 Å². The molecule has 15 heteroatoms. The van der Waals surface area contributed by atoms with E-state index in [1.54, 1.807) is 14.0 Å². The van der Waals surface area contributed by atoms with Crippen LogP contribution in [-0.4, -0.2) is 88.6 Å². The van der Waals surface area contributed by atoms with E-state index in [2.05, 4.69) is 76.7 Å². The summed E-state index contributed by atoms with van der Waals surface area (Å²) in [7, 11) is 5.56. The van der Waals surface area contributed by atoms with Gasteiger partial charge >= 0.3 is 0 Å². The van der Waals surface area contributed by atoms with Gasteiger partial charge in [0.2, 0.25) is 35.4 Å². The van der Waals surface area contributed by atoms with Crippen molar-refractivity contribution in [1.82, 2.24) is 21.3 Å². The largest absolute Gasteiger partial charge is 0.362 e. The molecule has 3 fully saturated rings. The molecule has 71 heavy (non-hydrogen) atoms. The second kappa shape index (κ2) is 40.1. The first kappa shape index (κ1) is 74.2. The molecule has 3 aliphatic rings. The molecule has 5 unspecified atom stereocenters. The van der Waals surface area contributed by atoms with Gasteiger partial charge in [-0.15, -0.1) is 0 Å². The number of amides is 2. The second-order valence-electron chi connectivity index (χ2n) is 21.7. The van der Waals surface area contributed by atoms with E-state index in [9.17, 15) is 41.9 Å². The monoisotopic (exact) mass is 1020 g/mol. The van der Waals surface area contributed by atoms with E-state index in [0.717, 1.165) is 68.5 Å². The first-order valence-corrected chi connectivity index (χ1v) is 26.5. The van der Waals surface area contributed by atoms with Crippen molar-refractivity contribution >= 4 is 29.7 Å². The zero-order chi connectivity index (χ0) is 56.3. The van der Waals surface area contributed by atoms with Crippen molar-refractivity contribution in [2.45, 2.75) is 255 Å². The van der Waals surface area contributed by atoms with Crippen LogP contribution in [-0.2, 0) is 29.4 Å². The number of Topliss-reactive ketones (excluding diaryl/α,β-unsaturated/α-hetero) is 3. The van der Waals surface area contributed by atoms with Crippen molar-refractivity contribution in [2.24, 2.45) is 28.4 Å². The number of likely N-dealkylation sites (N-methyl/N-ethyl adjacent to an activating group) is 1. The molecule has 418 valence electrons. The van der Waals surface area contributed by atoms with E-state index in [0.29, 0.717) is 24.9 Å². The zero-order valence-corrected chi connectivity index (χ0v) is 48.3. The van der Waals surface area contributed by atoms with Crippen LogP contribution in [0.3, 0.4) is 0 Å². The Balaban J connectivity index is -0.000000393.